The van der Waals surface area contributed by atoms with Crippen molar-refractivity contribution in [3.8, 4) is 0 Å². The Bertz CT molecular complexity index is 140. The van der Waals surface area contributed by atoms with Crippen LogP contribution in [0.3, 0.4) is 0 Å². The van der Waals surface area contributed by atoms with E-state index in [1.165, 1.54) is 39.0 Å². The molecule has 0 atom stereocenters. The Labute approximate surface area is 93.2 Å². The lowest BCUT2D eigenvalue weighted by atomic mass is 10.1. The van der Waals surface area contributed by atoms with E-state index in [0.717, 1.165) is 18.5 Å². The van der Waals surface area contributed by atoms with Crippen molar-refractivity contribution in [2.75, 3.05) is 38.6 Å². The second-order valence-corrected chi connectivity index (χ2v) is 4.41. The molecule has 0 unspecified atom stereocenters. The molecule has 1 aliphatic heterocycles. The topological polar surface area (TPSA) is 6.48 Å². The van der Waals surface area contributed by atoms with Crippen LogP contribution < -0.4 is 0 Å². The first-order valence-corrected chi connectivity index (χ1v) is 6.37. The summed E-state index contributed by atoms with van der Waals surface area (Å²) in [7, 11) is 0. The van der Waals surface area contributed by atoms with E-state index in [1.807, 2.05) is 0 Å². The van der Waals surface area contributed by atoms with Crippen LogP contribution in [-0.4, -0.2) is 54.4 Å². The zero-order valence-electron chi connectivity index (χ0n) is 9.51. The van der Waals surface area contributed by atoms with Gasteiger partial charge >= 0.3 is 0 Å². The molecule has 1 rings (SSSR count). The minimum Gasteiger partial charge on any atom is -0.300 e. The van der Waals surface area contributed by atoms with Crippen LogP contribution in [0.25, 0.3) is 0 Å². The average molecular weight is 219 g/mol. The average Bonchev–Trinajstić information content (AvgIpc) is 2.23. The predicted molar refractivity (Wildman–Crippen MR) is 63.1 cm³/mol. The number of nitrogens with zero attached hydrogens (tertiary/aromatic N) is 2. The van der Waals surface area contributed by atoms with E-state index >= 15 is 0 Å². The van der Waals surface area contributed by atoms with Crippen LogP contribution in [0.1, 0.15) is 26.7 Å². The highest BCUT2D eigenvalue weighted by molar-refractivity contribution is 6.18. The Morgan fingerprint density at radius 2 is 1.64 bits per heavy atom. The Morgan fingerprint density at radius 1 is 1.07 bits per heavy atom. The molecule has 0 bridgehead atoms. The fourth-order valence-corrected chi connectivity index (χ4v) is 2.52. The molecule has 1 aliphatic rings. The van der Waals surface area contributed by atoms with E-state index in [1.54, 1.807) is 0 Å². The second kappa shape index (κ2) is 6.65. The number of halogens is 1. The van der Waals surface area contributed by atoms with Gasteiger partial charge in [-0.3, -0.25) is 9.80 Å². The summed E-state index contributed by atoms with van der Waals surface area (Å²) in [4.78, 5) is 5.09. The smallest absolute Gasteiger partial charge is 0.0351 e. The van der Waals surface area contributed by atoms with E-state index in [9.17, 15) is 0 Å². The quantitative estimate of drug-likeness (QED) is 0.652. The van der Waals surface area contributed by atoms with Crippen molar-refractivity contribution >= 4 is 11.6 Å². The molecule has 1 saturated heterocycles. The summed E-state index contributed by atoms with van der Waals surface area (Å²) in [5.41, 5.74) is 0. The molecular weight excluding hydrogens is 196 g/mol. The summed E-state index contributed by atoms with van der Waals surface area (Å²) in [6.07, 6.45) is 2.57. The van der Waals surface area contributed by atoms with Gasteiger partial charge in [-0.15, -0.1) is 11.6 Å². The van der Waals surface area contributed by atoms with Gasteiger partial charge in [-0.1, -0.05) is 13.8 Å². The van der Waals surface area contributed by atoms with Crippen molar-refractivity contribution in [3.63, 3.8) is 0 Å². The SMILES string of the molecule is CCC(CC)N1CCN(CCCl)CC1. The minimum atomic E-state index is 0.769. The second-order valence-electron chi connectivity index (χ2n) is 4.04. The number of piperazine rings is 1. The molecule has 0 aromatic carbocycles. The van der Waals surface area contributed by atoms with Crippen molar-refractivity contribution < 1.29 is 0 Å². The van der Waals surface area contributed by atoms with Gasteiger partial charge in [0, 0.05) is 44.6 Å². The number of hydrogen-bond acceptors (Lipinski definition) is 2. The zero-order valence-corrected chi connectivity index (χ0v) is 10.3. The lowest BCUT2D eigenvalue weighted by Crippen LogP contribution is -2.50. The summed E-state index contributed by atoms with van der Waals surface area (Å²) in [5, 5.41) is 0. The van der Waals surface area contributed by atoms with Gasteiger partial charge in [-0.2, -0.15) is 0 Å². The van der Waals surface area contributed by atoms with E-state index in [2.05, 4.69) is 23.6 Å². The van der Waals surface area contributed by atoms with Crippen LogP contribution in [0.2, 0.25) is 0 Å². The van der Waals surface area contributed by atoms with Crippen LogP contribution in [0.15, 0.2) is 0 Å². The molecule has 0 N–H and O–H groups in total. The first-order chi connectivity index (χ1) is 6.81. The van der Waals surface area contributed by atoms with Gasteiger partial charge in [0.25, 0.3) is 0 Å². The van der Waals surface area contributed by atoms with Gasteiger partial charge in [0.15, 0.2) is 0 Å². The Balaban J connectivity index is 2.27. The molecule has 84 valence electrons. The van der Waals surface area contributed by atoms with Gasteiger partial charge < -0.3 is 0 Å². The summed E-state index contributed by atoms with van der Waals surface area (Å²) in [5.74, 6) is 0.769. The summed E-state index contributed by atoms with van der Waals surface area (Å²) in [6.45, 7) is 10.5. The van der Waals surface area contributed by atoms with Crippen molar-refractivity contribution in [1.29, 1.82) is 0 Å². The van der Waals surface area contributed by atoms with Crippen molar-refractivity contribution in [1.82, 2.24) is 9.80 Å². The molecule has 1 heterocycles. The highest BCUT2D eigenvalue weighted by Crippen LogP contribution is 2.11. The normalized spacial score (nSPS) is 20.6. The Morgan fingerprint density at radius 3 is 2.07 bits per heavy atom. The monoisotopic (exact) mass is 218 g/mol. The molecule has 2 nitrogen and oxygen atoms in total. The van der Waals surface area contributed by atoms with Gasteiger partial charge in [-0.05, 0) is 12.8 Å². The van der Waals surface area contributed by atoms with Crippen LogP contribution in [0.5, 0.6) is 0 Å². The molecule has 0 aromatic rings. The highest BCUT2D eigenvalue weighted by atomic mass is 35.5. The highest BCUT2D eigenvalue weighted by Gasteiger charge is 2.20. The van der Waals surface area contributed by atoms with E-state index in [0.29, 0.717) is 0 Å². The molecule has 0 aromatic heterocycles. The third-order valence-corrected chi connectivity index (χ3v) is 3.44. The number of alkyl halides is 1. The lowest BCUT2D eigenvalue weighted by Gasteiger charge is -2.38. The van der Waals surface area contributed by atoms with Crippen molar-refractivity contribution in [2.24, 2.45) is 0 Å². The minimum absolute atomic E-state index is 0.769. The maximum absolute atomic E-state index is 5.73. The first kappa shape index (κ1) is 12.3. The van der Waals surface area contributed by atoms with Gasteiger partial charge in [0.05, 0.1) is 0 Å². The van der Waals surface area contributed by atoms with E-state index in [-0.39, 0.29) is 0 Å². The van der Waals surface area contributed by atoms with Crippen LogP contribution in [0, 0.1) is 0 Å². The molecule has 0 radical (unpaired) electrons. The third kappa shape index (κ3) is 3.41. The van der Waals surface area contributed by atoms with Gasteiger partial charge in [0.1, 0.15) is 0 Å². The van der Waals surface area contributed by atoms with Crippen molar-refractivity contribution in [2.45, 2.75) is 32.7 Å². The van der Waals surface area contributed by atoms with E-state index < -0.39 is 0 Å². The van der Waals surface area contributed by atoms with Gasteiger partial charge in [-0.25, -0.2) is 0 Å². The van der Waals surface area contributed by atoms with Gasteiger partial charge in [0.2, 0.25) is 0 Å². The summed E-state index contributed by atoms with van der Waals surface area (Å²) in [6, 6.07) is 0.799. The number of rotatable bonds is 5. The maximum Gasteiger partial charge on any atom is 0.0351 e. The Kier molecular flexibility index (Phi) is 5.83. The van der Waals surface area contributed by atoms with E-state index in [4.69, 9.17) is 11.6 Å². The Hall–Kier alpha value is 0.210. The molecule has 0 amide bonds. The zero-order chi connectivity index (χ0) is 10.4. The molecule has 0 aliphatic carbocycles. The fraction of sp³-hybridized carbons (Fsp3) is 1.00. The third-order valence-electron chi connectivity index (χ3n) is 3.27. The summed E-state index contributed by atoms with van der Waals surface area (Å²) < 4.78 is 0. The predicted octanol–water partition coefficient (Wildman–Crippen LogP) is 2.03. The fourth-order valence-electron chi connectivity index (χ4n) is 2.28. The molecular formula is C11H23ClN2. The lowest BCUT2D eigenvalue weighted by molar-refractivity contribution is 0.0958. The molecule has 1 fully saturated rings. The maximum atomic E-state index is 5.73. The van der Waals surface area contributed by atoms with Crippen LogP contribution in [0.4, 0.5) is 0 Å². The largest absolute Gasteiger partial charge is 0.300 e. The van der Waals surface area contributed by atoms with Crippen LogP contribution in [-0.2, 0) is 0 Å². The van der Waals surface area contributed by atoms with Crippen LogP contribution >= 0.6 is 11.6 Å². The summed E-state index contributed by atoms with van der Waals surface area (Å²) >= 11 is 5.73. The molecule has 0 saturated carbocycles. The van der Waals surface area contributed by atoms with Crippen molar-refractivity contribution in [3.05, 3.63) is 0 Å². The molecule has 3 heteroatoms. The molecule has 14 heavy (non-hydrogen) atoms. The first-order valence-electron chi connectivity index (χ1n) is 5.84. The number of hydrogen-bond donors (Lipinski definition) is 0. The molecule has 0 spiro atoms. The standard InChI is InChI=1S/C11H23ClN2/c1-3-11(4-2)14-9-7-13(6-5-12)8-10-14/h11H,3-10H2,1-2H3.